The molecular formula is C8H5IO2. The average molecular weight is 260 g/mol. The van der Waals surface area contributed by atoms with Crippen LogP contribution in [-0.4, -0.2) is 12.4 Å². The predicted molar refractivity (Wildman–Crippen MR) is 49.0 cm³/mol. The Morgan fingerprint density at radius 2 is 2.27 bits per heavy atom. The summed E-state index contributed by atoms with van der Waals surface area (Å²) in [5, 5.41) is 0. The van der Waals surface area contributed by atoms with Crippen molar-refractivity contribution in [1.29, 1.82) is 0 Å². The molecule has 0 spiro atoms. The molecule has 1 aliphatic rings. The second kappa shape index (κ2) is 2.48. The summed E-state index contributed by atoms with van der Waals surface area (Å²) in [5.41, 5.74) is 0.719. The molecule has 0 radical (unpaired) electrons. The summed E-state index contributed by atoms with van der Waals surface area (Å²) in [6, 6.07) is 5.60. The van der Waals surface area contributed by atoms with Crippen LogP contribution in [0.5, 0.6) is 5.75 Å². The first kappa shape index (κ1) is 7.09. The number of para-hydroxylation sites is 1. The number of carbonyl (C=O) groups excluding carboxylic acids is 1. The summed E-state index contributed by atoms with van der Waals surface area (Å²) in [6.45, 7) is 0.204. The normalized spacial score (nSPS) is 14.5. The Labute approximate surface area is 77.7 Å². The number of hydrogen-bond donors (Lipinski definition) is 0. The maximum Gasteiger partial charge on any atom is 0.203 e. The highest BCUT2D eigenvalue weighted by molar-refractivity contribution is 14.1. The van der Waals surface area contributed by atoms with Crippen molar-refractivity contribution in [2.24, 2.45) is 0 Å². The third-order valence-electron chi connectivity index (χ3n) is 1.61. The quantitative estimate of drug-likeness (QED) is 0.665. The number of fused-ring (bicyclic) bond motifs is 1. The average Bonchev–Trinajstić information content (AvgIpc) is 2.35. The highest BCUT2D eigenvalue weighted by Crippen LogP contribution is 2.29. The minimum absolute atomic E-state index is 0.0820. The zero-order valence-electron chi connectivity index (χ0n) is 5.63. The minimum Gasteiger partial charge on any atom is -0.484 e. The molecule has 3 heteroatoms. The number of halogens is 1. The maximum atomic E-state index is 11.1. The molecule has 2 rings (SSSR count). The van der Waals surface area contributed by atoms with Crippen LogP contribution < -0.4 is 4.74 Å². The van der Waals surface area contributed by atoms with E-state index in [9.17, 15) is 4.79 Å². The smallest absolute Gasteiger partial charge is 0.203 e. The molecule has 0 unspecified atom stereocenters. The van der Waals surface area contributed by atoms with E-state index in [0.29, 0.717) is 0 Å². The lowest BCUT2D eigenvalue weighted by molar-refractivity contribution is 0.0961. The van der Waals surface area contributed by atoms with Crippen LogP contribution in [0.2, 0.25) is 0 Å². The summed E-state index contributed by atoms with van der Waals surface area (Å²) in [4.78, 5) is 11.1. The summed E-state index contributed by atoms with van der Waals surface area (Å²) < 4.78 is 6.19. The highest BCUT2D eigenvalue weighted by Gasteiger charge is 2.22. The molecule has 0 atom stereocenters. The van der Waals surface area contributed by atoms with E-state index < -0.39 is 0 Å². The SMILES string of the molecule is O=C1COc2c(I)cccc21. The Morgan fingerprint density at radius 3 is 3.00 bits per heavy atom. The second-order valence-electron chi connectivity index (χ2n) is 2.33. The second-order valence-corrected chi connectivity index (χ2v) is 3.49. The standard InChI is InChI=1S/C8H5IO2/c9-6-3-1-2-5-7(10)4-11-8(5)6/h1-3H,4H2. The summed E-state index contributed by atoms with van der Waals surface area (Å²) >= 11 is 2.16. The molecule has 2 nitrogen and oxygen atoms in total. The van der Waals surface area contributed by atoms with Crippen LogP contribution in [0.3, 0.4) is 0 Å². The van der Waals surface area contributed by atoms with Gasteiger partial charge in [0, 0.05) is 0 Å². The van der Waals surface area contributed by atoms with E-state index in [-0.39, 0.29) is 12.4 Å². The monoisotopic (exact) mass is 260 g/mol. The van der Waals surface area contributed by atoms with Crippen LogP contribution >= 0.6 is 22.6 Å². The van der Waals surface area contributed by atoms with Gasteiger partial charge in [0.1, 0.15) is 5.75 Å². The fourth-order valence-corrected chi connectivity index (χ4v) is 1.74. The Hall–Kier alpha value is -0.580. The van der Waals surface area contributed by atoms with Gasteiger partial charge >= 0.3 is 0 Å². The van der Waals surface area contributed by atoms with E-state index >= 15 is 0 Å². The van der Waals surface area contributed by atoms with Gasteiger partial charge in [-0.25, -0.2) is 0 Å². The molecule has 0 aromatic heterocycles. The van der Waals surface area contributed by atoms with Crippen molar-refractivity contribution in [3.63, 3.8) is 0 Å². The molecule has 1 heterocycles. The number of benzene rings is 1. The van der Waals surface area contributed by atoms with Gasteiger partial charge in [-0.15, -0.1) is 0 Å². The molecule has 0 fully saturated rings. The van der Waals surface area contributed by atoms with Gasteiger partial charge in [0.05, 0.1) is 9.13 Å². The van der Waals surface area contributed by atoms with Crippen molar-refractivity contribution in [2.45, 2.75) is 0 Å². The van der Waals surface area contributed by atoms with Gasteiger partial charge in [-0.05, 0) is 34.7 Å². The molecule has 0 N–H and O–H groups in total. The lowest BCUT2D eigenvalue weighted by atomic mass is 10.2. The number of carbonyl (C=O) groups is 1. The van der Waals surface area contributed by atoms with Crippen LogP contribution in [0.4, 0.5) is 0 Å². The zero-order valence-corrected chi connectivity index (χ0v) is 7.79. The Bertz CT molecular complexity index is 320. The van der Waals surface area contributed by atoms with Crippen molar-refractivity contribution in [3.05, 3.63) is 27.3 Å². The number of ketones is 1. The topological polar surface area (TPSA) is 26.3 Å². The molecule has 0 aliphatic carbocycles. The highest BCUT2D eigenvalue weighted by atomic mass is 127. The molecular weight excluding hydrogens is 255 g/mol. The van der Waals surface area contributed by atoms with E-state index in [2.05, 4.69) is 22.6 Å². The van der Waals surface area contributed by atoms with Gasteiger partial charge in [-0.1, -0.05) is 6.07 Å². The van der Waals surface area contributed by atoms with Crippen molar-refractivity contribution in [1.82, 2.24) is 0 Å². The van der Waals surface area contributed by atoms with Crippen molar-refractivity contribution in [3.8, 4) is 5.75 Å². The largest absolute Gasteiger partial charge is 0.484 e. The van der Waals surface area contributed by atoms with Crippen LogP contribution in [0.1, 0.15) is 10.4 Å². The minimum atomic E-state index is 0.0820. The van der Waals surface area contributed by atoms with Crippen LogP contribution in [-0.2, 0) is 0 Å². The van der Waals surface area contributed by atoms with Gasteiger partial charge in [0.15, 0.2) is 6.61 Å². The summed E-state index contributed by atoms with van der Waals surface area (Å²) in [7, 11) is 0. The fraction of sp³-hybridized carbons (Fsp3) is 0.125. The van der Waals surface area contributed by atoms with Gasteiger partial charge in [-0.3, -0.25) is 4.79 Å². The molecule has 1 aromatic rings. The molecule has 0 saturated heterocycles. The zero-order chi connectivity index (χ0) is 7.84. The molecule has 1 aromatic carbocycles. The van der Waals surface area contributed by atoms with Crippen LogP contribution in [0, 0.1) is 3.57 Å². The third-order valence-corrected chi connectivity index (χ3v) is 2.46. The van der Waals surface area contributed by atoms with Crippen LogP contribution in [0.15, 0.2) is 18.2 Å². The Balaban J connectivity index is 2.66. The number of rotatable bonds is 0. The van der Waals surface area contributed by atoms with Gasteiger partial charge in [0.25, 0.3) is 0 Å². The summed E-state index contributed by atoms with van der Waals surface area (Å²) in [6.07, 6.45) is 0. The molecule has 1 aliphatic heterocycles. The van der Waals surface area contributed by atoms with Crippen molar-refractivity contribution >= 4 is 28.4 Å². The Kier molecular flexibility index (Phi) is 1.60. The van der Waals surface area contributed by atoms with Gasteiger partial charge < -0.3 is 4.74 Å². The first-order valence-corrected chi connectivity index (χ1v) is 4.31. The number of Topliss-reactive ketones (excluding diaryl/α,β-unsaturated/α-hetero) is 1. The molecule has 56 valence electrons. The van der Waals surface area contributed by atoms with Crippen LogP contribution in [0.25, 0.3) is 0 Å². The lowest BCUT2D eigenvalue weighted by Gasteiger charge is -1.97. The van der Waals surface area contributed by atoms with E-state index in [1.807, 2.05) is 12.1 Å². The lowest BCUT2D eigenvalue weighted by Crippen LogP contribution is -1.98. The summed E-state index contributed by atoms with van der Waals surface area (Å²) in [5.74, 6) is 0.830. The molecule has 0 bridgehead atoms. The van der Waals surface area contributed by atoms with E-state index in [4.69, 9.17) is 4.74 Å². The first-order valence-electron chi connectivity index (χ1n) is 3.23. The van der Waals surface area contributed by atoms with Gasteiger partial charge in [-0.2, -0.15) is 0 Å². The van der Waals surface area contributed by atoms with Crippen molar-refractivity contribution < 1.29 is 9.53 Å². The van der Waals surface area contributed by atoms with E-state index in [1.165, 1.54) is 0 Å². The molecule has 0 saturated carbocycles. The number of ether oxygens (including phenoxy) is 1. The first-order chi connectivity index (χ1) is 5.29. The predicted octanol–water partition coefficient (Wildman–Crippen LogP) is 1.87. The number of hydrogen-bond acceptors (Lipinski definition) is 2. The molecule has 11 heavy (non-hydrogen) atoms. The Morgan fingerprint density at radius 1 is 1.45 bits per heavy atom. The van der Waals surface area contributed by atoms with Crippen molar-refractivity contribution in [2.75, 3.05) is 6.61 Å². The van der Waals surface area contributed by atoms with Gasteiger partial charge in [0.2, 0.25) is 5.78 Å². The maximum absolute atomic E-state index is 11.1. The molecule has 0 amide bonds. The van der Waals surface area contributed by atoms with E-state index in [0.717, 1.165) is 14.9 Å². The third kappa shape index (κ3) is 1.03. The fourth-order valence-electron chi connectivity index (χ4n) is 1.09. The van der Waals surface area contributed by atoms with E-state index in [1.54, 1.807) is 6.07 Å².